The summed E-state index contributed by atoms with van der Waals surface area (Å²) in [5, 5.41) is 2.50. The second-order valence-electron chi connectivity index (χ2n) is 3.72. The van der Waals surface area contributed by atoms with Gasteiger partial charge in [-0.15, -0.1) is 0 Å². The Morgan fingerprint density at radius 2 is 1.94 bits per heavy atom. The molecule has 0 heterocycles. The van der Waals surface area contributed by atoms with Gasteiger partial charge in [0.15, 0.2) is 0 Å². The fourth-order valence-electron chi connectivity index (χ4n) is 1.33. The summed E-state index contributed by atoms with van der Waals surface area (Å²) in [5.41, 5.74) is 0. The lowest BCUT2D eigenvalue weighted by Gasteiger charge is -2.16. The number of nitrogens with one attached hydrogen (secondary N) is 1. The Morgan fingerprint density at radius 1 is 1.28 bits per heavy atom. The lowest BCUT2D eigenvalue weighted by Crippen LogP contribution is -2.41. The van der Waals surface area contributed by atoms with Crippen LogP contribution < -0.4 is 5.32 Å². The van der Waals surface area contributed by atoms with E-state index in [2.05, 4.69) is 5.32 Å². The summed E-state index contributed by atoms with van der Waals surface area (Å²) in [6.45, 7) is 5.62. The molecule has 0 spiro atoms. The molecule has 0 aliphatic heterocycles. The average molecular weight is 279 g/mol. The highest BCUT2D eigenvalue weighted by Crippen LogP contribution is 2.22. The summed E-state index contributed by atoms with van der Waals surface area (Å²) >= 11 is 0. The maximum Gasteiger partial charge on any atom is 0.328 e. The normalized spacial score (nSPS) is 13.7. The monoisotopic (exact) mass is 279 g/mol. The first kappa shape index (κ1) is 17.1. The maximum absolute atomic E-state index is 11.6. The van der Waals surface area contributed by atoms with Crippen molar-refractivity contribution in [1.29, 1.82) is 0 Å². The Labute approximate surface area is 108 Å². The van der Waals surface area contributed by atoms with Crippen molar-refractivity contribution < 1.29 is 23.6 Å². The van der Waals surface area contributed by atoms with Gasteiger partial charge >= 0.3 is 5.97 Å². The van der Waals surface area contributed by atoms with E-state index in [-0.39, 0.29) is 18.9 Å². The van der Waals surface area contributed by atoms with Crippen LogP contribution >= 0.6 is 7.80 Å². The molecule has 0 bridgehead atoms. The fourth-order valence-corrected chi connectivity index (χ4v) is 2.52. The smallest absolute Gasteiger partial charge is 0.328 e. The summed E-state index contributed by atoms with van der Waals surface area (Å²) in [6, 6.07) is -0.724. The molecule has 7 heteroatoms. The van der Waals surface area contributed by atoms with E-state index in [1.165, 1.54) is 6.92 Å². The maximum atomic E-state index is 11.6. The van der Waals surface area contributed by atoms with Crippen molar-refractivity contribution >= 4 is 19.7 Å². The first-order valence-electron chi connectivity index (χ1n) is 6.04. The van der Waals surface area contributed by atoms with Crippen LogP contribution in [0.5, 0.6) is 0 Å². The largest absolute Gasteiger partial charge is 0.464 e. The number of esters is 1. The number of amides is 1. The van der Waals surface area contributed by atoms with Gasteiger partial charge in [0.25, 0.3) is 0 Å². The van der Waals surface area contributed by atoms with Gasteiger partial charge in [-0.2, -0.15) is 0 Å². The SMILES string of the molecule is CCOC[PH](=O)CCC(NC(C)=O)C(=O)OCC. The van der Waals surface area contributed by atoms with E-state index in [1.807, 2.05) is 6.92 Å². The van der Waals surface area contributed by atoms with Crippen LogP contribution in [0.2, 0.25) is 0 Å². The minimum atomic E-state index is -1.86. The number of carbonyl (C=O) groups is 2. The van der Waals surface area contributed by atoms with E-state index in [0.717, 1.165) is 0 Å². The quantitative estimate of drug-likeness (QED) is 0.503. The van der Waals surface area contributed by atoms with Crippen molar-refractivity contribution in [1.82, 2.24) is 5.32 Å². The molecule has 2 unspecified atom stereocenters. The van der Waals surface area contributed by atoms with E-state index in [0.29, 0.717) is 19.2 Å². The third kappa shape index (κ3) is 8.25. The predicted octanol–water partition coefficient (Wildman–Crippen LogP) is 0.998. The molecule has 0 radical (unpaired) electrons. The number of ether oxygens (including phenoxy) is 2. The molecule has 0 aromatic heterocycles. The number of carbonyl (C=O) groups excluding carboxylic acids is 2. The fraction of sp³-hybridized carbons (Fsp3) is 0.818. The zero-order chi connectivity index (χ0) is 14.0. The number of rotatable bonds is 9. The van der Waals surface area contributed by atoms with Crippen molar-refractivity contribution in [3.63, 3.8) is 0 Å². The molecule has 0 rings (SSSR count). The summed E-state index contributed by atoms with van der Waals surface area (Å²) in [6.07, 6.45) is 0.883. The van der Waals surface area contributed by atoms with Gasteiger partial charge in [-0.1, -0.05) is 0 Å². The Morgan fingerprint density at radius 3 is 2.44 bits per heavy atom. The van der Waals surface area contributed by atoms with Gasteiger partial charge < -0.3 is 19.4 Å². The Balaban J connectivity index is 4.19. The minimum Gasteiger partial charge on any atom is -0.464 e. The first-order valence-corrected chi connectivity index (χ1v) is 7.86. The van der Waals surface area contributed by atoms with Gasteiger partial charge in [-0.25, -0.2) is 4.79 Å². The van der Waals surface area contributed by atoms with Crippen molar-refractivity contribution in [3.05, 3.63) is 0 Å². The topological polar surface area (TPSA) is 81.7 Å². The lowest BCUT2D eigenvalue weighted by molar-refractivity contribution is -0.147. The second-order valence-corrected chi connectivity index (χ2v) is 5.59. The molecule has 0 aliphatic carbocycles. The van der Waals surface area contributed by atoms with Crippen LogP contribution in [0.15, 0.2) is 0 Å². The average Bonchev–Trinajstić information content (AvgIpc) is 2.31. The third-order valence-corrected chi connectivity index (χ3v) is 3.50. The second kappa shape index (κ2) is 10.1. The van der Waals surface area contributed by atoms with Gasteiger partial charge in [-0.3, -0.25) is 4.79 Å². The van der Waals surface area contributed by atoms with Crippen molar-refractivity contribution in [3.8, 4) is 0 Å². The van der Waals surface area contributed by atoms with E-state index >= 15 is 0 Å². The van der Waals surface area contributed by atoms with Gasteiger partial charge in [0.2, 0.25) is 5.91 Å². The molecule has 0 fully saturated rings. The van der Waals surface area contributed by atoms with Crippen molar-refractivity contribution in [2.45, 2.75) is 33.2 Å². The van der Waals surface area contributed by atoms with Crippen LogP contribution in [0.1, 0.15) is 27.2 Å². The summed E-state index contributed by atoms with van der Waals surface area (Å²) in [4.78, 5) is 22.5. The minimum absolute atomic E-state index is 0.219. The standard InChI is InChI=1S/C11H22NO5P/c1-4-16-8-18(15)7-6-10(12-9(3)13)11(14)17-5-2/h10,18H,4-8H2,1-3H3,(H,12,13). The van der Waals surface area contributed by atoms with Crippen LogP contribution in [0.3, 0.4) is 0 Å². The molecule has 0 saturated carbocycles. The number of hydrogen-bond acceptors (Lipinski definition) is 5. The molecule has 2 atom stereocenters. The molecule has 0 aromatic carbocycles. The molecule has 6 nitrogen and oxygen atoms in total. The van der Waals surface area contributed by atoms with E-state index in [9.17, 15) is 14.2 Å². The van der Waals surface area contributed by atoms with Gasteiger partial charge in [0.1, 0.15) is 13.8 Å². The van der Waals surface area contributed by atoms with E-state index in [4.69, 9.17) is 9.47 Å². The molecule has 106 valence electrons. The van der Waals surface area contributed by atoms with E-state index in [1.54, 1.807) is 6.92 Å². The van der Waals surface area contributed by atoms with Crippen LogP contribution in [-0.2, 0) is 23.6 Å². The van der Waals surface area contributed by atoms with Crippen LogP contribution in [0.4, 0.5) is 0 Å². The Kier molecular flexibility index (Phi) is 9.60. The summed E-state index contributed by atoms with van der Waals surface area (Å²) < 4.78 is 21.5. The Bertz CT molecular complexity index is 295. The highest BCUT2D eigenvalue weighted by atomic mass is 31.1. The Hall–Kier alpha value is -0.870. The van der Waals surface area contributed by atoms with Crippen LogP contribution in [0, 0.1) is 0 Å². The molecule has 0 aromatic rings. The third-order valence-electron chi connectivity index (χ3n) is 2.13. The van der Waals surface area contributed by atoms with Gasteiger partial charge in [0, 0.05) is 19.7 Å². The van der Waals surface area contributed by atoms with Crippen LogP contribution in [0.25, 0.3) is 0 Å². The molecule has 0 aliphatic rings. The van der Waals surface area contributed by atoms with Crippen molar-refractivity contribution in [2.75, 3.05) is 25.7 Å². The van der Waals surface area contributed by atoms with Crippen LogP contribution in [-0.4, -0.2) is 43.6 Å². The van der Waals surface area contributed by atoms with Gasteiger partial charge in [0.05, 0.1) is 13.0 Å². The van der Waals surface area contributed by atoms with E-state index < -0.39 is 19.8 Å². The first-order chi connectivity index (χ1) is 8.51. The molecule has 18 heavy (non-hydrogen) atoms. The highest BCUT2D eigenvalue weighted by molar-refractivity contribution is 7.44. The van der Waals surface area contributed by atoms with Gasteiger partial charge in [-0.05, 0) is 20.3 Å². The molecule has 1 amide bonds. The predicted molar refractivity (Wildman–Crippen MR) is 69.2 cm³/mol. The molecule has 1 N–H and O–H groups in total. The summed E-state index contributed by atoms with van der Waals surface area (Å²) in [7, 11) is -1.86. The molecular formula is C11H22NO5P. The van der Waals surface area contributed by atoms with Crippen molar-refractivity contribution in [2.24, 2.45) is 0 Å². The highest BCUT2D eigenvalue weighted by Gasteiger charge is 2.21. The zero-order valence-electron chi connectivity index (χ0n) is 11.2. The lowest BCUT2D eigenvalue weighted by atomic mass is 10.2. The number of hydrogen-bond donors (Lipinski definition) is 1. The zero-order valence-corrected chi connectivity index (χ0v) is 12.2. The summed E-state index contributed by atoms with van der Waals surface area (Å²) in [5.74, 6) is -0.795. The molecular weight excluding hydrogens is 257 g/mol. The molecule has 0 saturated heterocycles.